The number of likely N-dealkylation sites (N-methyl/N-ethyl adjacent to an activating group) is 1. The average Bonchev–Trinajstić information content (AvgIpc) is 3.50. The number of aryl methyl sites for hydroxylation is 1. The Labute approximate surface area is 259 Å². The first kappa shape index (κ1) is 32.0. The van der Waals surface area contributed by atoms with Gasteiger partial charge < -0.3 is 59.3 Å². The lowest BCUT2D eigenvalue weighted by molar-refractivity contribution is -0.408. The normalized spacial score (nSPS) is 37.9. The van der Waals surface area contributed by atoms with E-state index in [-0.39, 0.29) is 37.6 Å². The Morgan fingerprint density at radius 2 is 1.91 bits per heavy atom. The summed E-state index contributed by atoms with van der Waals surface area (Å²) in [6.07, 6.45) is 1.59. The van der Waals surface area contributed by atoms with E-state index in [2.05, 4.69) is 5.32 Å². The van der Waals surface area contributed by atoms with Crippen LogP contribution in [0.15, 0.2) is 47.1 Å². The first-order valence-corrected chi connectivity index (χ1v) is 15.3. The molecule has 1 saturated carbocycles. The van der Waals surface area contributed by atoms with Crippen LogP contribution in [0.25, 0.3) is 11.0 Å². The van der Waals surface area contributed by atoms with E-state index in [1.807, 2.05) is 0 Å². The molecule has 2 heterocycles. The number of carbonyl (C=O) groups excluding carboxylic acids is 1. The van der Waals surface area contributed by atoms with E-state index in [4.69, 9.17) is 23.4 Å². The lowest BCUT2D eigenvalue weighted by Crippen LogP contribution is -2.85. The second-order valence-corrected chi connectivity index (χ2v) is 12.3. The van der Waals surface area contributed by atoms with Gasteiger partial charge in [-0.1, -0.05) is 24.3 Å². The van der Waals surface area contributed by atoms with E-state index in [1.165, 1.54) is 12.3 Å². The molecule has 10 unspecified atom stereocenters. The highest BCUT2D eigenvalue weighted by molar-refractivity contribution is 5.87. The van der Waals surface area contributed by atoms with Crippen LogP contribution in [-0.4, -0.2) is 112 Å². The summed E-state index contributed by atoms with van der Waals surface area (Å²) in [4.78, 5) is 12.4. The molecule has 7 N–H and O–H groups in total. The summed E-state index contributed by atoms with van der Waals surface area (Å²) < 4.78 is 29.7. The van der Waals surface area contributed by atoms with E-state index in [0.29, 0.717) is 23.1 Å². The maximum atomic E-state index is 12.7. The van der Waals surface area contributed by atoms with Gasteiger partial charge >= 0.3 is 5.97 Å². The van der Waals surface area contributed by atoms with Crippen molar-refractivity contribution in [3.05, 3.63) is 48.3 Å². The number of ether oxygens (including phenoxy) is 4. The standard InChI is InChI=1S/C32H41NO12/c1-3-41-23(37)7-4-17-14-18-9-12-42-24(18)26(43-13-11-33-2)25(17)45-29-32(40)27-19-5-6-21(36)30(27,16-35)10-8-20(19)31(39,28(32)38)22(15-34)44-29/h5-6,8-10,12,14,19-22,27-29,33-36,38-40H,3-4,7,11,13,15-16H2,1-2H3. The molecule has 246 valence electrons. The molecule has 1 aromatic carbocycles. The summed E-state index contributed by atoms with van der Waals surface area (Å²) in [5.74, 6) is -2.81. The molecule has 10 atom stereocenters. The van der Waals surface area contributed by atoms with Crippen molar-refractivity contribution in [3.8, 4) is 11.5 Å². The van der Waals surface area contributed by atoms with Crippen LogP contribution in [0.5, 0.6) is 11.5 Å². The molecule has 1 aliphatic heterocycles. The predicted octanol–water partition coefficient (Wildman–Crippen LogP) is -0.213. The Kier molecular flexibility index (Phi) is 8.50. The molecule has 0 amide bonds. The minimum absolute atomic E-state index is 0.0112. The monoisotopic (exact) mass is 631 g/mol. The Morgan fingerprint density at radius 3 is 2.62 bits per heavy atom. The number of fused-ring (bicyclic) bond motifs is 4. The molecule has 0 spiro atoms. The fraction of sp³-hybridized carbons (Fsp3) is 0.594. The second kappa shape index (κ2) is 12.0. The fourth-order valence-corrected chi connectivity index (χ4v) is 7.92. The number of nitrogens with one attached hydrogen (secondary N) is 1. The Bertz CT molecular complexity index is 1470. The van der Waals surface area contributed by atoms with Crippen molar-refractivity contribution in [3.63, 3.8) is 0 Å². The molecular weight excluding hydrogens is 590 g/mol. The van der Waals surface area contributed by atoms with Gasteiger partial charge in [-0.05, 0) is 44.0 Å². The van der Waals surface area contributed by atoms with Crippen LogP contribution in [0.2, 0.25) is 0 Å². The van der Waals surface area contributed by atoms with Crippen LogP contribution >= 0.6 is 0 Å². The zero-order chi connectivity index (χ0) is 32.1. The summed E-state index contributed by atoms with van der Waals surface area (Å²) >= 11 is 0. The molecule has 2 aromatic rings. The Hall–Kier alpha value is -3.01. The van der Waals surface area contributed by atoms with Gasteiger partial charge in [-0.3, -0.25) is 4.79 Å². The molecule has 3 aliphatic carbocycles. The summed E-state index contributed by atoms with van der Waals surface area (Å²) in [5, 5.41) is 72.5. The fourth-order valence-electron chi connectivity index (χ4n) is 7.92. The van der Waals surface area contributed by atoms with Gasteiger partial charge in [0, 0.05) is 35.6 Å². The van der Waals surface area contributed by atoms with Gasteiger partial charge in [-0.15, -0.1) is 0 Å². The summed E-state index contributed by atoms with van der Waals surface area (Å²) in [7, 11) is 1.76. The minimum Gasteiger partial charge on any atom is -0.485 e. The smallest absolute Gasteiger partial charge is 0.306 e. The summed E-state index contributed by atoms with van der Waals surface area (Å²) in [6.45, 7) is 1.24. The van der Waals surface area contributed by atoms with Crippen molar-refractivity contribution in [2.24, 2.45) is 23.2 Å². The molecule has 6 bridgehead atoms. The van der Waals surface area contributed by atoms with Crippen molar-refractivity contribution in [1.82, 2.24) is 5.32 Å². The molecular formula is C32H41NO12. The lowest BCUT2D eigenvalue weighted by atomic mass is 9.42. The molecule has 0 radical (unpaired) electrons. The van der Waals surface area contributed by atoms with Crippen LogP contribution in [0, 0.1) is 23.2 Å². The third-order valence-corrected chi connectivity index (χ3v) is 10.0. The van der Waals surface area contributed by atoms with Crippen LogP contribution in [0.4, 0.5) is 0 Å². The molecule has 13 heteroatoms. The predicted molar refractivity (Wildman–Crippen MR) is 157 cm³/mol. The van der Waals surface area contributed by atoms with Gasteiger partial charge in [-0.2, -0.15) is 0 Å². The molecule has 2 fully saturated rings. The van der Waals surface area contributed by atoms with E-state index in [9.17, 15) is 35.4 Å². The number of aliphatic hydroxyl groups is 6. The molecule has 1 aromatic heterocycles. The minimum atomic E-state index is -2.43. The van der Waals surface area contributed by atoms with Gasteiger partial charge in [0.2, 0.25) is 12.0 Å². The van der Waals surface area contributed by atoms with Gasteiger partial charge in [-0.25, -0.2) is 0 Å². The highest BCUT2D eigenvalue weighted by Crippen LogP contribution is 2.64. The first-order chi connectivity index (χ1) is 21.6. The van der Waals surface area contributed by atoms with Crippen LogP contribution in [0.3, 0.4) is 0 Å². The quantitative estimate of drug-likeness (QED) is 0.0923. The number of allylic oxidation sites excluding steroid dienone is 1. The first-order valence-electron chi connectivity index (χ1n) is 15.3. The number of carbonyl (C=O) groups is 1. The Balaban J connectivity index is 1.50. The zero-order valence-electron chi connectivity index (χ0n) is 25.2. The average molecular weight is 632 g/mol. The van der Waals surface area contributed by atoms with Gasteiger partial charge in [0.1, 0.15) is 24.4 Å². The van der Waals surface area contributed by atoms with E-state index >= 15 is 0 Å². The molecule has 13 nitrogen and oxygen atoms in total. The van der Waals surface area contributed by atoms with Crippen molar-refractivity contribution in [2.45, 2.75) is 55.6 Å². The number of esters is 1. The summed E-state index contributed by atoms with van der Waals surface area (Å²) in [6, 6.07) is 3.47. The topological polar surface area (TPSA) is 201 Å². The third-order valence-electron chi connectivity index (χ3n) is 10.0. The van der Waals surface area contributed by atoms with Crippen molar-refractivity contribution in [2.75, 3.05) is 40.0 Å². The maximum Gasteiger partial charge on any atom is 0.306 e. The van der Waals surface area contributed by atoms with Crippen LogP contribution < -0.4 is 14.8 Å². The number of benzene rings is 1. The molecule has 6 rings (SSSR count). The number of hydrogen-bond acceptors (Lipinski definition) is 13. The maximum absolute atomic E-state index is 12.7. The zero-order valence-corrected chi connectivity index (χ0v) is 25.2. The molecule has 1 saturated heterocycles. The van der Waals surface area contributed by atoms with Crippen molar-refractivity contribution in [1.29, 1.82) is 0 Å². The lowest BCUT2D eigenvalue weighted by Gasteiger charge is -2.69. The van der Waals surface area contributed by atoms with Gasteiger partial charge in [0.15, 0.2) is 16.9 Å². The second-order valence-electron chi connectivity index (χ2n) is 12.3. The van der Waals surface area contributed by atoms with Gasteiger partial charge in [0.25, 0.3) is 0 Å². The number of furan rings is 1. The van der Waals surface area contributed by atoms with E-state index in [1.54, 1.807) is 44.3 Å². The van der Waals surface area contributed by atoms with E-state index in [0.717, 1.165) is 0 Å². The SMILES string of the molecule is CCOC(=O)CCc1cc2ccoc2c(OCCNC)c1OC1OC(CO)C2(O)C3C=CC4(CO)C(O)C=CC3C4C1(O)C2O. The molecule has 4 aliphatic rings. The van der Waals surface area contributed by atoms with Crippen molar-refractivity contribution >= 4 is 16.9 Å². The van der Waals surface area contributed by atoms with Gasteiger partial charge in [0.05, 0.1) is 32.2 Å². The van der Waals surface area contributed by atoms with Crippen molar-refractivity contribution < 1.29 is 58.8 Å². The Morgan fingerprint density at radius 1 is 1.11 bits per heavy atom. The highest BCUT2D eigenvalue weighted by atomic mass is 16.7. The largest absolute Gasteiger partial charge is 0.485 e. The number of rotatable bonds is 12. The number of aliphatic hydroxyl groups excluding tert-OH is 4. The van der Waals surface area contributed by atoms with Crippen LogP contribution in [-0.2, 0) is 20.7 Å². The van der Waals surface area contributed by atoms with Crippen LogP contribution in [0.1, 0.15) is 18.9 Å². The third kappa shape index (κ3) is 4.63. The molecule has 45 heavy (non-hydrogen) atoms. The number of hydrogen-bond donors (Lipinski definition) is 7. The highest BCUT2D eigenvalue weighted by Gasteiger charge is 2.78. The summed E-state index contributed by atoms with van der Waals surface area (Å²) in [5.41, 5.74) is -5.23. The van der Waals surface area contributed by atoms with E-state index < -0.39 is 78.2 Å².